The SMILES string of the molecule is NC1=CC(N)(SCc2ccccc2)CC(C(F)(F)F)=C1. The normalized spacial score (nSPS) is 23.2. The summed E-state index contributed by atoms with van der Waals surface area (Å²) in [5, 5.41) is 0. The Balaban J connectivity index is 2.10. The molecule has 1 atom stereocenters. The smallest absolute Gasteiger partial charge is 0.399 e. The van der Waals surface area contributed by atoms with Crippen molar-refractivity contribution in [3.8, 4) is 0 Å². The molecule has 6 heteroatoms. The highest BCUT2D eigenvalue weighted by Gasteiger charge is 2.40. The second-order valence-electron chi connectivity index (χ2n) is 4.72. The van der Waals surface area contributed by atoms with Crippen molar-refractivity contribution in [1.29, 1.82) is 0 Å². The van der Waals surface area contributed by atoms with Crippen LogP contribution in [0.5, 0.6) is 0 Å². The Kier molecular flexibility index (Phi) is 4.15. The van der Waals surface area contributed by atoms with Crippen LogP contribution in [-0.2, 0) is 5.75 Å². The number of halogens is 3. The Labute approximate surface area is 119 Å². The highest BCUT2D eigenvalue weighted by Crippen LogP contribution is 2.40. The molecule has 20 heavy (non-hydrogen) atoms. The third-order valence-electron chi connectivity index (χ3n) is 2.93. The summed E-state index contributed by atoms with van der Waals surface area (Å²) in [5.74, 6) is 0.534. The first-order valence-electron chi connectivity index (χ1n) is 6.01. The van der Waals surface area contributed by atoms with Crippen LogP contribution in [0.3, 0.4) is 0 Å². The first-order valence-corrected chi connectivity index (χ1v) is 7.00. The number of benzene rings is 1. The first-order chi connectivity index (χ1) is 9.28. The molecule has 4 N–H and O–H groups in total. The van der Waals surface area contributed by atoms with Gasteiger partial charge in [-0.05, 0) is 17.7 Å². The second-order valence-corrected chi connectivity index (χ2v) is 6.06. The van der Waals surface area contributed by atoms with Gasteiger partial charge in [-0.2, -0.15) is 13.2 Å². The molecule has 0 heterocycles. The van der Waals surface area contributed by atoms with Crippen molar-refractivity contribution in [2.24, 2.45) is 11.5 Å². The Hall–Kier alpha value is -1.40. The summed E-state index contributed by atoms with van der Waals surface area (Å²) in [6.07, 6.45) is -2.21. The van der Waals surface area contributed by atoms with Crippen molar-refractivity contribution in [2.75, 3.05) is 0 Å². The maximum absolute atomic E-state index is 12.8. The van der Waals surface area contributed by atoms with Crippen LogP contribution in [0.15, 0.2) is 53.8 Å². The summed E-state index contributed by atoms with van der Waals surface area (Å²) in [6, 6.07) is 9.46. The van der Waals surface area contributed by atoms with Crippen molar-refractivity contribution in [3.63, 3.8) is 0 Å². The average Bonchev–Trinajstić information content (AvgIpc) is 2.36. The zero-order chi connectivity index (χ0) is 14.8. The minimum atomic E-state index is -4.39. The molecule has 0 bridgehead atoms. The minimum Gasteiger partial charge on any atom is -0.399 e. The van der Waals surface area contributed by atoms with E-state index in [-0.39, 0.29) is 12.1 Å². The van der Waals surface area contributed by atoms with Gasteiger partial charge in [-0.1, -0.05) is 30.3 Å². The molecule has 1 aromatic carbocycles. The Morgan fingerprint density at radius 1 is 1.20 bits per heavy atom. The van der Waals surface area contributed by atoms with Crippen LogP contribution in [0.2, 0.25) is 0 Å². The molecular formula is C14H15F3N2S. The van der Waals surface area contributed by atoms with Gasteiger partial charge in [0, 0.05) is 23.4 Å². The van der Waals surface area contributed by atoms with E-state index in [1.54, 1.807) is 0 Å². The molecule has 0 aromatic heterocycles. The summed E-state index contributed by atoms with van der Waals surface area (Å²) in [5.41, 5.74) is 12.0. The number of thioether (sulfide) groups is 1. The van der Waals surface area contributed by atoms with E-state index in [2.05, 4.69) is 0 Å². The Bertz CT molecular complexity index is 537. The molecule has 2 nitrogen and oxygen atoms in total. The second kappa shape index (κ2) is 5.54. The van der Waals surface area contributed by atoms with E-state index in [9.17, 15) is 13.2 Å². The highest BCUT2D eigenvalue weighted by molar-refractivity contribution is 8.00. The molecule has 0 saturated heterocycles. The van der Waals surface area contributed by atoms with Gasteiger partial charge in [0.2, 0.25) is 0 Å². The van der Waals surface area contributed by atoms with Gasteiger partial charge < -0.3 is 11.5 Å². The topological polar surface area (TPSA) is 52.0 Å². The summed E-state index contributed by atoms with van der Waals surface area (Å²) in [4.78, 5) is -1.13. The van der Waals surface area contributed by atoms with E-state index in [1.807, 2.05) is 30.3 Å². The quantitative estimate of drug-likeness (QED) is 0.842. The summed E-state index contributed by atoms with van der Waals surface area (Å²) in [6.45, 7) is 0. The van der Waals surface area contributed by atoms with Crippen LogP contribution in [0.1, 0.15) is 12.0 Å². The largest absolute Gasteiger partial charge is 0.412 e. The Morgan fingerprint density at radius 2 is 1.85 bits per heavy atom. The molecule has 108 valence electrons. The lowest BCUT2D eigenvalue weighted by Gasteiger charge is -2.31. The fourth-order valence-corrected chi connectivity index (χ4v) is 3.10. The van der Waals surface area contributed by atoms with Crippen molar-refractivity contribution in [3.05, 3.63) is 59.3 Å². The van der Waals surface area contributed by atoms with E-state index in [1.165, 1.54) is 17.8 Å². The standard InChI is InChI=1S/C14H15F3N2S/c15-14(16,17)11-6-12(18)8-13(19,7-11)20-9-10-4-2-1-3-5-10/h1-6,8H,7,9,18-19H2. The molecule has 1 aliphatic rings. The lowest BCUT2D eigenvalue weighted by molar-refractivity contribution is -0.0947. The highest BCUT2D eigenvalue weighted by atomic mass is 32.2. The first kappa shape index (κ1) is 15.0. The number of nitrogens with two attached hydrogens (primary N) is 2. The van der Waals surface area contributed by atoms with Gasteiger partial charge in [-0.25, -0.2) is 0 Å². The molecule has 0 fully saturated rings. The number of allylic oxidation sites excluding steroid dienone is 1. The number of hydrogen-bond donors (Lipinski definition) is 2. The van der Waals surface area contributed by atoms with E-state index in [4.69, 9.17) is 11.5 Å². The molecule has 0 aliphatic heterocycles. The van der Waals surface area contributed by atoms with Crippen LogP contribution >= 0.6 is 11.8 Å². The molecule has 0 saturated carbocycles. The lowest BCUT2D eigenvalue weighted by atomic mass is 9.98. The molecule has 2 rings (SSSR count). The van der Waals surface area contributed by atoms with Gasteiger partial charge in [-0.15, -0.1) is 11.8 Å². The predicted molar refractivity (Wildman–Crippen MR) is 75.7 cm³/mol. The van der Waals surface area contributed by atoms with Crippen molar-refractivity contribution >= 4 is 11.8 Å². The maximum atomic E-state index is 12.8. The van der Waals surface area contributed by atoms with Gasteiger partial charge in [0.1, 0.15) is 0 Å². The van der Waals surface area contributed by atoms with E-state index >= 15 is 0 Å². The predicted octanol–water partition coefficient (Wildman–Crippen LogP) is 3.31. The summed E-state index contributed by atoms with van der Waals surface area (Å²) >= 11 is 1.26. The van der Waals surface area contributed by atoms with Crippen LogP contribution in [0.25, 0.3) is 0 Å². The molecular weight excluding hydrogens is 285 g/mol. The van der Waals surface area contributed by atoms with Gasteiger partial charge in [0.25, 0.3) is 0 Å². The zero-order valence-corrected chi connectivity index (χ0v) is 11.5. The molecule has 0 radical (unpaired) electrons. The van der Waals surface area contributed by atoms with E-state index < -0.39 is 16.6 Å². The molecule has 0 amide bonds. The van der Waals surface area contributed by atoms with E-state index in [0.717, 1.165) is 11.6 Å². The van der Waals surface area contributed by atoms with Crippen molar-refractivity contribution < 1.29 is 13.2 Å². The van der Waals surface area contributed by atoms with Gasteiger partial charge in [0.15, 0.2) is 0 Å². The molecule has 1 aromatic rings. The minimum absolute atomic E-state index is 0.0617. The third kappa shape index (κ3) is 3.80. The average molecular weight is 300 g/mol. The number of rotatable bonds is 3. The van der Waals surface area contributed by atoms with Crippen LogP contribution in [0.4, 0.5) is 13.2 Å². The van der Waals surface area contributed by atoms with Crippen molar-refractivity contribution in [2.45, 2.75) is 23.2 Å². The monoisotopic (exact) mass is 300 g/mol. The fraction of sp³-hybridized carbons (Fsp3) is 0.286. The summed E-state index contributed by atoms with van der Waals surface area (Å²) in [7, 11) is 0. The zero-order valence-electron chi connectivity index (χ0n) is 10.7. The van der Waals surface area contributed by atoms with Crippen LogP contribution in [0, 0.1) is 0 Å². The van der Waals surface area contributed by atoms with Crippen LogP contribution in [-0.4, -0.2) is 11.0 Å². The molecule has 0 spiro atoms. The summed E-state index contributed by atoms with van der Waals surface area (Å²) < 4.78 is 38.4. The van der Waals surface area contributed by atoms with Gasteiger partial charge >= 0.3 is 6.18 Å². The van der Waals surface area contributed by atoms with Gasteiger partial charge in [-0.3, -0.25) is 0 Å². The fourth-order valence-electron chi connectivity index (χ4n) is 1.99. The van der Waals surface area contributed by atoms with Crippen LogP contribution < -0.4 is 11.5 Å². The van der Waals surface area contributed by atoms with E-state index in [0.29, 0.717) is 5.75 Å². The molecule has 1 aliphatic carbocycles. The number of alkyl halides is 3. The molecule has 1 unspecified atom stereocenters. The number of hydrogen-bond acceptors (Lipinski definition) is 3. The maximum Gasteiger partial charge on any atom is 0.412 e. The Morgan fingerprint density at radius 3 is 2.45 bits per heavy atom. The third-order valence-corrected chi connectivity index (χ3v) is 4.21. The lowest BCUT2D eigenvalue weighted by Crippen LogP contribution is -2.39. The van der Waals surface area contributed by atoms with Crippen molar-refractivity contribution in [1.82, 2.24) is 0 Å². The van der Waals surface area contributed by atoms with Gasteiger partial charge in [0.05, 0.1) is 4.87 Å².